The first-order chi connectivity index (χ1) is 9.74. The van der Waals surface area contributed by atoms with Crippen LogP contribution in [-0.4, -0.2) is 34.1 Å². The van der Waals surface area contributed by atoms with Crippen LogP contribution in [0.1, 0.15) is 21.6 Å². The Hall–Kier alpha value is -2.43. The zero-order valence-corrected chi connectivity index (χ0v) is 11.0. The van der Waals surface area contributed by atoms with E-state index in [0.29, 0.717) is 0 Å². The van der Waals surface area contributed by atoms with E-state index in [2.05, 4.69) is 39.1 Å². The van der Waals surface area contributed by atoms with Gasteiger partial charge in [-0.05, 0) is 24.0 Å². The largest absolute Gasteiger partial charge is 0.476 e. The monoisotopic (exact) mass is 269 g/mol. The molecule has 3 rings (SSSR count). The topological polar surface area (TPSA) is 66.3 Å². The molecule has 1 aliphatic heterocycles. The number of benzene rings is 1. The van der Waals surface area contributed by atoms with Gasteiger partial charge in [0.15, 0.2) is 5.69 Å². The molecule has 2 aromatic rings. The number of aromatic nitrogens is 2. The second-order valence-corrected chi connectivity index (χ2v) is 4.82. The van der Waals surface area contributed by atoms with E-state index in [1.807, 2.05) is 0 Å². The molecule has 1 aromatic heterocycles. The lowest BCUT2D eigenvalue weighted by Crippen LogP contribution is -2.27. The molecule has 1 aliphatic rings. The van der Waals surface area contributed by atoms with Crippen molar-refractivity contribution in [1.29, 1.82) is 0 Å². The lowest BCUT2D eigenvalue weighted by molar-refractivity contribution is 0.0690. The maximum Gasteiger partial charge on any atom is 0.356 e. The average molecular weight is 269 g/mol. The molecule has 0 amide bonds. The van der Waals surface area contributed by atoms with Crippen LogP contribution in [0.4, 0.5) is 5.82 Å². The molecule has 2 heterocycles. The van der Waals surface area contributed by atoms with Gasteiger partial charge in [0.05, 0.1) is 12.4 Å². The summed E-state index contributed by atoms with van der Waals surface area (Å²) in [5.41, 5.74) is 2.74. The number of carboxylic acids is 1. The van der Waals surface area contributed by atoms with E-state index in [1.54, 1.807) is 6.20 Å². The number of carbonyl (C=O) groups is 1. The Kier molecular flexibility index (Phi) is 3.33. The van der Waals surface area contributed by atoms with Crippen molar-refractivity contribution in [3.8, 4) is 0 Å². The van der Waals surface area contributed by atoms with Crippen LogP contribution in [-0.2, 0) is 12.8 Å². The van der Waals surface area contributed by atoms with Crippen molar-refractivity contribution in [2.45, 2.75) is 12.8 Å². The van der Waals surface area contributed by atoms with Gasteiger partial charge >= 0.3 is 5.97 Å². The summed E-state index contributed by atoms with van der Waals surface area (Å²) in [6.07, 6.45) is 4.80. The molecule has 0 unspecified atom stereocenters. The van der Waals surface area contributed by atoms with Gasteiger partial charge in [-0.25, -0.2) is 14.8 Å². The third-order valence-electron chi connectivity index (χ3n) is 3.60. The Bertz CT molecular complexity index is 598. The van der Waals surface area contributed by atoms with E-state index in [9.17, 15) is 4.79 Å². The van der Waals surface area contributed by atoms with Crippen molar-refractivity contribution in [2.24, 2.45) is 0 Å². The molecule has 0 saturated carbocycles. The van der Waals surface area contributed by atoms with Crippen LogP contribution in [0.5, 0.6) is 0 Å². The molecule has 1 aromatic carbocycles. The van der Waals surface area contributed by atoms with Crippen LogP contribution in [0.15, 0.2) is 36.7 Å². The number of rotatable bonds is 2. The Morgan fingerprint density at radius 2 is 1.70 bits per heavy atom. The molecular weight excluding hydrogens is 254 g/mol. The highest BCUT2D eigenvalue weighted by molar-refractivity contribution is 5.84. The number of carboxylic acid groups (broad SMARTS) is 1. The van der Waals surface area contributed by atoms with Crippen molar-refractivity contribution in [1.82, 2.24) is 9.97 Å². The second-order valence-electron chi connectivity index (χ2n) is 4.82. The van der Waals surface area contributed by atoms with Gasteiger partial charge < -0.3 is 10.0 Å². The van der Waals surface area contributed by atoms with Crippen molar-refractivity contribution >= 4 is 11.8 Å². The zero-order valence-electron chi connectivity index (χ0n) is 11.0. The first-order valence-corrected chi connectivity index (χ1v) is 6.61. The Labute approximate surface area is 116 Å². The fourth-order valence-electron chi connectivity index (χ4n) is 2.49. The fraction of sp³-hybridized carbons (Fsp3) is 0.267. The predicted molar refractivity (Wildman–Crippen MR) is 75.1 cm³/mol. The average Bonchev–Trinajstić information content (AvgIpc) is 2.70. The van der Waals surface area contributed by atoms with E-state index in [4.69, 9.17) is 5.11 Å². The molecule has 0 bridgehead atoms. The minimum atomic E-state index is -1.05. The lowest BCUT2D eigenvalue weighted by atomic mass is 10.0. The molecule has 0 saturated heterocycles. The summed E-state index contributed by atoms with van der Waals surface area (Å²) in [6.45, 7) is 1.75. The molecule has 1 N–H and O–H groups in total. The fourth-order valence-corrected chi connectivity index (χ4v) is 2.49. The van der Waals surface area contributed by atoms with Crippen LogP contribution < -0.4 is 4.90 Å². The van der Waals surface area contributed by atoms with Gasteiger partial charge in [0, 0.05) is 13.1 Å². The summed E-state index contributed by atoms with van der Waals surface area (Å²) >= 11 is 0. The number of aromatic carboxylic acids is 1. The minimum Gasteiger partial charge on any atom is -0.476 e. The van der Waals surface area contributed by atoms with Crippen LogP contribution in [0.2, 0.25) is 0 Å². The van der Waals surface area contributed by atoms with Gasteiger partial charge in [-0.15, -0.1) is 0 Å². The molecule has 102 valence electrons. The third-order valence-corrected chi connectivity index (χ3v) is 3.60. The van der Waals surface area contributed by atoms with Gasteiger partial charge in [0.25, 0.3) is 0 Å². The van der Waals surface area contributed by atoms with Crippen molar-refractivity contribution < 1.29 is 9.90 Å². The van der Waals surface area contributed by atoms with E-state index in [-0.39, 0.29) is 5.69 Å². The first kappa shape index (κ1) is 12.6. The smallest absolute Gasteiger partial charge is 0.356 e. The minimum absolute atomic E-state index is 0.0214. The number of fused-ring (bicyclic) bond motifs is 1. The van der Waals surface area contributed by atoms with Crippen molar-refractivity contribution in [3.63, 3.8) is 0 Å². The van der Waals surface area contributed by atoms with E-state index in [1.165, 1.54) is 17.3 Å². The molecule has 5 heteroatoms. The summed E-state index contributed by atoms with van der Waals surface area (Å²) in [6, 6.07) is 8.46. The van der Waals surface area contributed by atoms with Crippen LogP contribution in [0, 0.1) is 0 Å². The molecule has 0 fully saturated rings. The van der Waals surface area contributed by atoms with E-state index >= 15 is 0 Å². The Morgan fingerprint density at radius 3 is 2.20 bits per heavy atom. The SMILES string of the molecule is O=C(O)c1cnc(N2CCc3ccccc3CC2)cn1. The maximum atomic E-state index is 10.8. The Morgan fingerprint density at radius 1 is 1.05 bits per heavy atom. The maximum absolute atomic E-state index is 10.8. The van der Waals surface area contributed by atoms with Crippen molar-refractivity contribution in [2.75, 3.05) is 18.0 Å². The summed E-state index contributed by atoms with van der Waals surface area (Å²) in [5.74, 6) is -0.310. The number of hydrogen-bond acceptors (Lipinski definition) is 4. The summed E-state index contributed by atoms with van der Waals surface area (Å²) < 4.78 is 0. The Balaban J connectivity index is 1.78. The second kappa shape index (κ2) is 5.28. The molecule has 0 atom stereocenters. The number of hydrogen-bond donors (Lipinski definition) is 1. The normalized spacial score (nSPS) is 14.5. The van der Waals surface area contributed by atoms with Gasteiger partial charge in [0.1, 0.15) is 5.82 Å². The highest BCUT2D eigenvalue weighted by atomic mass is 16.4. The molecule has 0 spiro atoms. The number of anilines is 1. The van der Waals surface area contributed by atoms with Crippen molar-refractivity contribution in [3.05, 3.63) is 53.5 Å². The lowest BCUT2D eigenvalue weighted by Gasteiger charge is -2.20. The summed E-state index contributed by atoms with van der Waals surface area (Å²) in [7, 11) is 0. The van der Waals surface area contributed by atoms with Gasteiger partial charge in [0.2, 0.25) is 0 Å². The number of nitrogens with zero attached hydrogens (tertiary/aromatic N) is 3. The van der Waals surface area contributed by atoms with Crippen LogP contribution in [0.25, 0.3) is 0 Å². The summed E-state index contributed by atoms with van der Waals surface area (Å²) in [5, 5.41) is 8.83. The van der Waals surface area contributed by atoms with Gasteiger partial charge in [-0.2, -0.15) is 0 Å². The van der Waals surface area contributed by atoms with E-state index in [0.717, 1.165) is 31.7 Å². The molecule has 5 nitrogen and oxygen atoms in total. The van der Waals surface area contributed by atoms with Gasteiger partial charge in [-0.1, -0.05) is 24.3 Å². The van der Waals surface area contributed by atoms with Crippen LogP contribution in [0.3, 0.4) is 0 Å². The molecule has 0 aliphatic carbocycles. The first-order valence-electron chi connectivity index (χ1n) is 6.61. The third kappa shape index (κ3) is 2.47. The standard InChI is InChI=1S/C15H15N3O2/c19-15(20)13-9-17-14(10-16-13)18-7-5-11-3-1-2-4-12(11)6-8-18/h1-4,9-10H,5-8H2,(H,19,20). The highest BCUT2D eigenvalue weighted by Gasteiger charge is 2.15. The predicted octanol–water partition coefficient (Wildman–Crippen LogP) is 1.78. The van der Waals surface area contributed by atoms with E-state index < -0.39 is 5.97 Å². The summed E-state index contributed by atoms with van der Waals surface area (Å²) in [4.78, 5) is 21.1. The molecule has 20 heavy (non-hydrogen) atoms. The molecule has 0 radical (unpaired) electrons. The van der Waals surface area contributed by atoms with Gasteiger partial charge in [-0.3, -0.25) is 0 Å². The molecular formula is C15H15N3O2. The zero-order chi connectivity index (χ0) is 13.9. The highest BCUT2D eigenvalue weighted by Crippen LogP contribution is 2.19. The van der Waals surface area contributed by atoms with Crippen LogP contribution >= 0.6 is 0 Å². The quantitative estimate of drug-likeness (QED) is 0.900.